The van der Waals surface area contributed by atoms with Crippen molar-refractivity contribution in [2.45, 2.75) is 6.92 Å². The number of halogens is 1. The van der Waals surface area contributed by atoms with E-state index in [4.69, 9.17) is 16.7 Å². The summed E-state index contributed by atoms with van der Waals surface area (Å²) >= 11 is 5.73. The van der Waals surface area contributed by atoms with Crippen LogP contribution in [-0.4, -0.2) is 25.8 Å². The highest BCUT2D eigenvalue weighted by atomic mass is 35.5. The molecule has 2 aromatic heterocycles. The van der Waals surface area contributed by atoms with Gasteiger partial charge in [0.15, 0.2) is 5.65 Å². The standard InChI is InChI=1S/C9H8ClN3O2/c1-4-7-5(9(14)15)3-6(10)11-8(7)13(2)12-4/h3H,1-2H3,(H,14,15). The lowest BCUT2D eigenvalue weighted by Crippen LogP contribution is -1.99. The molecule has 0 radical (unpaired) electrons. The highest BCUT2D eigenvalue weighted by Crippen LogP contribution is 2.23. The van der Waals surface area contributed by atoms with Gasteiger partial charge in [0.1, 0.15) is 5.15 Å². The number of hydrogen-bond donors (Lipinski definition) is 1. The number of nitrogens with zero attached hydrogens (tertiary/aromatic N) is 3. The predicted molar refractivity (Wildman–Crippen MR) is 55.2 cm³/mol. The molecule has 0 aliphatic rings. The van der Waals surface area contributed by atoms with Gasteiger partial charge in [0.25, 0.3) is 0 Å². The van der Waals surface area contributed by atoms with Crippen LogP contribution in [0, 0.1) is 6.92 Å². The van der Waals surface area contributed by atoms with Crippen LogP contribution < -0.4 is 0 Å². The summed E-state index contributed by atoms with van der Waals surface area (Å²) in [4.78, 5) is 15.0. The molecule has 78 valence electrons. The predicted octanol–water partition coefficient (Wildman–Crippen LogP) is 1.63. The van der Waals surface area contributed by atoms with Gasteiger partial charge in [-0.05, 0) is 13.0 Å². The Morgan fingerprint density at radius 2 is 2.27 bits per heavy atom. The zero-order chi connectivity index (χ0) is 11.2. The van der Waals surface area contributed by atoms with Crippen molar-refractivity contribution in [3.63, 3.8) is 0 Å². The van der Waals surface area contributed by atoms with Gasteiger partial charge in [0, 0.05) is 7.05 Å². The molecule has 2 heterocycles. The van der Waals surface area contributed by atoms with Gasteiger partial charge in [0.2, 0.25) is 0 Å². The third kappa shape index (κ3) is 1.45. The van der Waals surface area contributed by atoms with Crippen molar-refractivity contribution in [3.05, 3.63) is 22.5 Å². The van der Waals surface area contributed by atoms with Crippen LogP contribution in [-0.2, 0) is 7.05 Å². The molecule has 0 bridgehead atoms. The second-order valence-electron chi connectivity index (χ2n) is 3.21. The molecule has 2 aromatic rings. The summed E-state index contributed by atoms with van der Waals surface area (Å²) < 4.78 is 1.52. The number of carboxylic acids is 1. The van der Waals surface area contributed by atoms with E-state index in [-0.39, 0.29) is 10.7 Å². The Labute approximate surface area is 90.3 Å². The van der Waals surface area contributed by atoms with E-state index in [0.29, 0.717) is 16.7 Å². The monoisotopic (exact) mass is 225 g/mol. The van der Waals surface area contributed by atoms with Crippen LogP contribution in [0.1, 0.15) is 16.1 Å². The van der Waals surface area contributed by atoms with E-state index in [9.17, 15) is 4.79 Å². The second kappa shape index (κ2) is 3.20. The molecular formula is C9H8ClN3O2. The van der Waals surface area contributed by atoms with Crippen LogP contribution in [0.5, 0.6) is 0 Å². The van der Waals surface area contributed by atoms with Gasteiger partial charge >= 0.3 is 5.97 Å². The van der Waals surface area contributed by atoms with E-state index in [1.807, 2.05) is 0 Å². The lowest BCUT2D eigenvalue weighted by Gasteiger charge is -1.99. The highest BCUT2D eigenvalue weighted by molar-refractivity contribution is 6.30. The molecular weight excluding hydrogens is 218 g/mol. The molecule has 2 rings (SSSR count). The molecule has 0 aromatic carbocycles. The maximum atomic E-state index is 11.0. The average molecular weight is 226 g/mol. The lowest BCUT2D eigenvalue weighted by molar-refractivity contribution is 0.0699. The minimum atomic E-state index is -1.03. The fourth-order valence-electron chi connectivity index (χ4n) is 1.58. The summed E-state index contributed by atoms with van der Waals surface area (Å²) in [6.45, 7) is 1.74. The molecule has 0 saturated carbocycles. The Kier molecular flexibility index (Phi) is 2.12. The zero-order valence-electron chi connectivity index (χ0n) is 8.15. The average Bonchev–Trinajstić information content (AvgIpc) is 2.41. The van der Waals surface area contributed by atoms with Gasteiger partial charge in [-0.1, -0.05) is 11.6 Å². The van der Waals surface area contributed by atoms with Crippen LogP contribution in [0.25, 0.3) is 11.0 Å². The van der Waals surface area contributed by atoms with Crippen LogP contribution in [0.15, 0.2) is 6.07 Å². The quantitative estimate of drug-likeness (QED) is 0.749. The fraction of sp³-hybridized carbons (Fsp3) is 0.222. The summed E-state index contributed by atoms with van der Waals surface area (Å²) in [5.41, 5.74) is 1.25. The first-order valence-corrected chi connectivity index (χ1v) is 4.61. The number of carboxylic acid groups (broad SMARTS) is 1. The first-order valence-electron chi connectivity index (χ1n) is 4.24. The van der Waals surface area contributed by atoms with Crippen LogP contribution in [0.4, 0.5) is 0 Å². The number of aryl methyl sites for hydroxylation is 2. The Hall–Kier alpha value is -1.62. The summed E-state index contributed by atoms with van der Waals surface area (Å²) in [6, 6.07) is 1.33. The van der Waals surface area contributed by atoms with E-state index in [0.717, 1.165) is 0 Å². The SMILES string of the molecule is Cc1nn(C)c2nc(Cl)cc(C(=O)O)c12. The number of aromatic carboxylic acids is 1. The molecule has 5 nitrogen and oxygen atoms in total. The number of aromatic nitrogens is 3. The molecule has 0 saturated heterocycles. The summed E-state index contributed by atoms with van der Waals surface area (Å²) in [6.07, 6.45) is 0. The smallest absolute Gasteiger partial charge is 0.336 e. The van der Waals surface area contributed by atoms with Crippen molar-refractivity contribution >= 4 is 28.6 Å². The van der Waals surface area contributed by atoms with Gasteiger partial charge in [-0.3, -0.25) is 4.68 Å². The van der Waals surface area contributed by atoms with E-state index in [2.05, 4.69) is 10.1 Å². The molecule has 0 aliphatic carbocycles. The molecule has 6 heteroatoms. The first kappa shape index (κ1) is 9.92. The number of pyridine rings is 1. The maximum Gasteiger partial charge on any atom is 0.336 e. The minimum absolute atomic E-state index is 0.135. The molecule has 0 atom stereocenters. The third-order valence-electron chi connectivity index (χ3n) is 2.17. The van der Waals surface area contributed by atoms with Gasteiger partial charge in [-0.15, -0.1) is 0 Å². The molecule has 0 unspecified atom stereocenters. The van der Waals surface area contributed by atoms with E-state index in [1.54, 1.807) is 14.0 Å². The summed E-state index contributed by atoms with van der Waals surface area (Å²) in [5.74, 6) is -1.03. The van der Waals surface area contributed by atoms with E-state index < -0.39 is 5.97 Å². The van der Waals surface area contributed by atoms with Crippen molar-refractivity contribution in [1.29, 1.82) is 0 Å². The van der Waals surface area contributed by atoms with E-state index >= 15 is 0 Å². The fourth-order valence-corrected chi connectivity index (χ4v) is 1.77. The Morgan fingerprint density at radius 1 is 1.60 bits per heavy atom. The largest absolute Gasteiger partial charge is 0.478 e. The van der Waals surface area contributed by atoms with Crippen molar-refractivity contribution in [2.24, 2.45) is 7.05 Å². The van der Waals surface area contributed by atoms with Crippen molar-refractivity contribution in [1.82, 2.24) is 14.8 Å². The lowest BCUT2D eigenvalue weighted by atomic mass is 10.1. The first-order chi connectivity index (χ1) is 7.00. The van der Waals surface area contributed by atoms with Gasteiger partial charge in [-0.25, -0.2) is 9.78 Å². The molecule has 0 fully saturated rings. The van der Waals surface area contributed by atoms with Crippen LogP contribution in [0.3, 0.4) is 0 Å². The van der Waals surface area contributed by atoms with Crippen LogP contribution >= 0.6 is 11.6 Å². The Balaban J connectivity index is 2.96. The Bertz CT molecular complexity index is 562. The molecule has 15 heavy (non-hydrogen) atoms. The number of carbonyl (C=O) groups is 1. The minimum Gasteiger partial charge on any atom is -0.478 e. The number of rotatable bonds is 1. The number of hydrogen-bond acceptors (Lipinski definition) is 3. The molecule has 1 N–H and O–H groups in total. The number of fused-ring (bicyclic) bond motifs is 1. The van der Waals surface area contributed by atoms with Gasteiger partial charge in [0.05, 0.1) is 16.6 Å². The van der Waals surface area contributed by atoms with E-state index in [1.165, 1.54) is 10.7 Å². The van der Waals surface area contributed by atoms with Crippen molar-refractivity contribution in [3.8, 4) is 0 Å². The van der Waals surface area contributed by atoms with Crippen molar-refractivity contribution in [2.75, 3.05) is 0 Å². The third-order valence-corrected chi connectivity index (χ3v) is 2.36. The molecule has 0 spiro atoms. The maximum absolute atomic E-state index is 11.0. The molecule has 0 aliphatic heterocycles. The van der Waals surface area contributed by atoms with Crippen LogP contribution in [0.2, 0.25) is 5.15 Å². The van der Waals surface area contributed by atoms with Gasteiger partial charge in [-0.2, -0.15) is 5.10 Å². The van der Waals surface area contributed by atoms with Crippen molar-refractivity contribution < 1.29 is 9.90 Å². The topological polar surface area (TPSA) is 68.0 Å². The molecule has 0 amide bonds. The Morgan fingerprint density at radius 3 is 2.87 bits per heavy atom. The highest BCUT2D eigenvalue weighted by Gasteiger charge is 2.16. The summed E-state index contributed by atoms with van der Waals surface area (Å²) in [5, 5.41) is 13.8. The normalized spacial score (nSPS) is 10.9. The second-order valence-corrected chi connectivity index (χ2v) is 3.59. The zero-order valence-corrected chi connectivity index (χ0v) is 8.91. The van der Waals surface area contributed by atoms with Gasteiger partial charge < -0.3 is 5.11 Å². The summed E-state index contributed by atoms with van der Waals surface area (Å²) in [7, 11) is 1.70.